The Bertz CT molecular complexity index is 562. The highest BCUT2D eigenvalue weighted by Gasteiger charge is 2.19. The normalized spacial score (nSPS) is 11.4. The highest BCUT2D eigenvalue weighted by molar-refractivity contribution is 7.99. The number of aromatic nitrogens is 2. The van der Waals surface area contributed by atoms with Crippen LogP contribution in [0.25, 0.3) is 0 Å². The van der Waals surface area contributed by atoms with E-state index in [1.165, 1.54) is 4.90 Å². The largest absolute Gasteiger partial charge is 0.370 e. The van der Waals surface area contributed by atoms with E-state index in [9.17, 15) is 0 Å². The minimum Gasteiger partial charge on any atom is -0.370 e. The lowest BCUT2D eigenvalue weighted by Crippen LogP contribution is -2.17. The number of rotatable bonds is 4. The van der Waals surface area contributed by atoms with Crippen LogP contribution in [0.5, 0.6) is 0 Å². The van der Waals surface area contributed by atoms with Crippen LogP contribution in [0.15, 0.2) is 46.3 Å². The lowest BCUT2D eigenvalue weighted by atomic mass is 9.96. The summed E-state index contributed by atoms with van der Waals surface area (Å²) in [5.74, 6) is 1.76. The van der Waals surface area contributed by atoms with Crippen molar-refractivity contribution in [1.29, 1.82) is 0 Å². The highest BCUT2D eigenvalue weighted by Crippen LogP contribution is 2.29. The molecule has 3 nitrogen and oxygen atoms in total. The van der Waals surface area contributed by atoms with Crippen LogP contribution in [0, 0.1) is 0 Å². The third-order valence-electron chi connectivity index (χ3n) is 2.70. The molecule has 20 heavy (non-hydrogen) atoms. The third-order valence-corrected chi connectivity index (χ3v) is 3.62. The molecule has 4 heteroatoms. The maximum Gasteiger partial charge on any atom is 0.137 e. The molecule has 0 saturated carbocycles. The predicted octanol–water partition coefficient (Wildman–Crippen LogP) is 4.36. The van der Waals surface area contributed by atoms with Gasteiger partial charge in [-0.05, 0) is 19.1 Å². The van der Waals surface area contributed by atoms with Crippen molar-refractivity contribution in [2.75, 3.05) is 11.9 Å². The fourth-order valence-electron chi connectivity index (χ4n) is 1.69. The Balaban J connectivity index is 2.34. The van der Waals surface area contributed by atoms with Crippen LogP contribution in [-0.2, 0) is 5.41 Å². The van der Waals surface area contributed by atoms with Gasteiger partial charge in [-0.25, -0.2) is 9.97 Å². The van der Waals surface area contributed by atoms with Gasteiger partial charge in [0.2, 0.25) is 0 Å². The van der Waals surface area contributed by atoms with Crippen molar-refractivity contribution in [2.24, 2.45) is 0 Å². The van der Waals surface area contributed by atoms with Crippen LogP contribution < -0.4 is 5.32 Å². The second-order valence-electron chi connectivity index (χ2n) is 5.61. The Hall–Kier alpha value is -1.55. The minimum absolute atomic E-state index is 0.0581. The zero-order valence-corrected chi connectivity index (χ0v) is 13.3. The Kier molecular flexibility index (Phi) is 4.65. The van der Waals surface area contributed by atoms with Gasteiger partial charge in [0.1, 0.15) is 16.7 Å². The van der Waals surface area contributed by atoms with Gasteiger partial charge in [0.25, 0.3) is 0 Å². The van der Waals surface area contributed by atoms with E-state index in [0.29, 0.717) is 0 Å². The average Bonchev–Trinajstić information content (AvgIpc) is 2.39. The first kappa shape index (κ1) is 14.9. The highest BCUT2D eigenvalue weighted by atomic mass is 32.2. The van der Waals surface area contributed by atoms with Gasteiger partial charge >= 0.3 is 0 Å². The number of benzene rings is 1. The van der Waals surface area contributed by atoms with Crippen LogP contribution in [0.3, 0.4) is 0 Å². The van der Waals surface area contributed by atoms with Gasteiger partial charge in [-0.15, -0.1) is 0 Å². The van der Waals surface area contributed by atoms with E-state index in [1.54, 1.807) is 11.8 Å². The van der Waals surface area contributed by atoms with Gasteiger partial charge in [-0.1, -0.05) is 50.7 Å². The van der Waals surface area contributed by atoms with E-state index in [4.69, 9.17) is 4.98 Å². The van der Waals surface area contributed by atoms with Crippen LogP contribution in [0.2, 0.25) is 0 Å². The molecule has 1 aromatic heterocycles. The molecule has 0 fully saturated rings. The van der Waals surface area contributed by atoms with Crippen molar-refractivity contribution in [1.82, 2.24) is 9.97 Å². The first-order chi connectivity index (χ1) is 9.49. The molecule has 0 aliphatic rings. The number of hydrogen-bond acceptors (Lipinski definition) is 4. The summed E-state index contributed by atoms with van der Waals surface area (Å²) in [4.78, 5) is 10.5. The Labute approximate surface area is 125 Å². The molecule has 1 aromatic carbocycles. The number of nitrogens with zero attached hydrogens (tertiary/aromatic N) is 2. The zero-order chi connectivity index (χ0) is 14.6. The molecule has 2 aromatic rings. The number of nitrogens with one attached hydrogen (secondary N) is 1. The van der Waals surface area contributed by atoms with Gasteiger partial charge in [0, 0.05) is 22.9 Å². The maximum absolute atomic E-state index is 4.69. The number of hydrogen-bond donors (Lipinski definition) is 1. The first-order valence-electron chi connectivity index (χ1n) is 6.85. The quantitative estimate of drug-likeness (QED) is 0.848. The smallest absolute Gasteiger partial charge is 0.137 e. The molecule has 0 bridgehead atoms. The van der Waals surface area contributed by atoms with E-state index in [-0.39, 0.29) is 5.41 Å². The molecule has 0 atom stereocenters. The summed E-state index contributed by atoms with van der Waals surface area (Å²) in [6, 6.07) is 12.3. The molecule has 1 N–H and O–H groups in total. The summed E-state index contributed by atoms with van der Waals surface area (Å²) >= 11 is 1.67. The molecule has 0 saturated heterocycles. The fourth-order valence-corrected chi connectivity index (χ4v) is 2.53. The van der Waals surface area contributed by atoms with Gasteiger partial charge in [-0.3, -0.25) is 0 Å². The van der Waals surface area contributed by atoms with Gasteiger partial charge in [-0.2, -0.15) is 0 Å². The van der Waals surface area contributed by atoms with E-state index in [2.05, 4.69) is 50.1 Å². The van der Waals surface area contributed by atoms with Crippen molar-refractivity contribution in [3.8, 4) is 0 Å². The van der Waals surface area contributed by atoms with Gasteiger partial charge < -0.3 is 5.32 Å². The molecule has 106 valence electrons. The molecule has 1 heterocycles. The standard InChI is InChI=1S/C16H21N3S/c1-5-17-13-11-14(19-15(18-13)16(2,3)4)20-12-9-7-6-8-10-12/h6-11H,5H2,1-4H3,(H,17,18,19). The number of anilines is 1. The van der Waals surface area contributed by atoms with Crippen LogP contribution >= 0.6 is 11.8 Å². The van der Waals surface area contributed by atoms with Crippen LogP contribution in [-0.4, -0.2) is 16.5 Å². The Morgan fingerprint density at radius 2 is 1.80 bits per heavy atom. The van der Waals surface area contributed by atoms with Crippen LogP contribution in [0.4, 0.5) is 5.82 Å². The minimum atomic E-state index is -0.0581. The molecule has 0 amide bonds. The van der Waals surface area contributed by atoms with Crippen molar-refractivity contribution in [3.63, 3.8) is 0 Å². The van der Waals surface area contributed by atoms with Gasteiger partial charge in [0.05, 0.1) is 0 Å². The Morgan fingerprint density at radius 3 is 2.40 bits per heavy atom. The summed E-state index contributed by atoms with van der Waals surface area (Å²) in [6.45, 7) is 9.33. The van der Waals surface area contributed by atoms with E-state index < -0.39 is 0 Å². The summed E-state index contributed by atoms with van der Waals surface area (Å²) in [5, 5.41) is 4.26. The van der Waals surface area contributed by atoms with Crippen molar-refractivity contribution in [3.05, 3.63) is 42.2 Å². The summed E-state index contributed by atoms with van der Waals surface area (Å²) in [7, 11) is 0. The topological polar surface area (TPSA) is 37.8 Å². The first-order valence-corrected chi connectivity index (χ1v) is 7.67. The second-order valence-corrected chi connectivity index (χ2v) is 6.70. The molecule has 0 radical (unpaired) electrons. The summed E-state index contributed by atoms with van der Waals surface area (Å²) < 4.78 is 0. The van der Waals surface area contributed by atoms with E-state index in [1.807, 2.05) is 24.3 Å². The third kappa shape index (κ3) is 3.97. The lowest BCUT2D eigenvalue weighted by molar-refractivity contribution is 0.539. The zero-order valence-electron chi connectivity index (χ0n) is 12.5. The maximum atomic E-state index is 4.69. The van der Waals surface area contributed by atoms with Crippen molar-refractivity contribution < 1.29 is 0 Å². The molecule has 0 unspecified atom stereocenters. The monoisotopic (exact) mass is 287 g/mol. The second kappa shape index (κ2) is 6.27. The SMILES string of the molecule is CCNc1cc(Sc2ccccc2)nc(C(C)(C)C)n1. The van der Waals surface area contributed by atoms with Crippen molar-refractivity contribution >= 4 is 17.6 Å². The molecular formula is C16H21N3S. The summed E-state index contributed by atoms with van der Waals surface area (Å²) in [6.07, 6.45) is 0. The van der Waals surface area contributed by atoms with Gasteiger partial charge in [0.15, 0.2) is 0 Å². The summed E-state index contributed by atoms with van der Waals surface area (Å²) in [5.41, 5.74) is -0.0581. The molecular weight excluding hydrogens is 266 g/mol. The molecule has 0 aliphatic carbocycles. The van der Waals surface area contributed by atoms with E-state index in [0.717, 1.165) is 23.2 Å². The average molecular weight is 287 g/mol. The Morgan fingerprint density at radius 1 is 1.10 bits per heavy atom. The molecule has 2 rings (SSSR count). The lowest BCUT2D eigenvalue weighted by Gasteiger charge is -2.18. The molecule has 0 aliphatic heterocycles. The van der Waals surface area contributed by atoms with E-state index >= 15 is 0 Å². The fraction of sp³-hybridized carbons (Fsp3) is 0.375. The molecule has 0 spiro atoms. The van der Waals surface area contributed by atoms with Crippen LogP contribution in [0.1, 0.15) is 33.5 Å². The predicted molar refractivity (Wildman–Crippen MR) is 85.5 cm³/mol. The van der Waals surface area contributed by atoms with Crippen molar-refractivity contribution in [2.45, 2.75) is 43.0 Å².